The lowest BCUT2D eigenvalue weighted by atomic mass is 10.1. The third kappa shape index (κ3) is 3.86. The smallest absolute Gasteiger partial charge is 0.262 e. The van der Waals surface area contributed by atoms with E-state index in [4.69, 9.17) is 9.47 Å². The van der Waals surface area contributed by atoms with Gasteiger partial charge in [0.25, 0.3) is 5.91 Å². The molecule has 0 aliphatic rings. The van der Waals surface area contributed by atoms with Crippen molar-refractivity contribution in [1.29, 1.82) is 0 Å². The van der Waals surface area contributed by atoms with Crippen LogP contribution in [-0.4, -0.2) is 25.9 Å². The standard InChI is InChI=1S/C20H16BrNO4/c1-25-18-9-14(11-23)16(21)10-19(18)26-12-20(24)22-17-8-4-6-13-5-2-3-7-15(13)17/h2-11H,12H2,1H3,(H,22,24). The SMILES string of the molecule is COc1cc(C=O)c(Br)cc1OCC(=O)Nc1cccc2ccccc12. The number of halogens is 1. The van der Waals surface area contributed by atoms with Crippen LogP contribution < -0.4 is 14.8 Å². The summed E-state index contributed by atoms with van der Waals surface area (Å²) in [5, 5.41) is 4.86. The molecule has 0 aliphatic heterocycles. The maximum absolute atomic E-state index is 12.3. The van der Waals surface area contributed by atoms with Gasteiger partial charge in [-0.2, -0.15) is 0 Å². The molecular formula is C20H16BrNO4. The average molecular weight is 414 g/mol. The molecule has 3 aromatic carbocycles. The van der Waals surface area contributed by atoms with Crippen LogP contribution in [0.1, 0.15) is 10.4 Å². The number of fused-ring (bicyclic) bond motifs is 1. The van der Waals surface area contributed by atoms with Gasteiger partial charge in [0.2, 0.25) is 0 Å². The molecule has 0 spiro atoms. The van der Waals surface area contributed by atoms with Crippen LogP contribution in [0.2, 0.25) is 0 Å². The lowest BCUT2D eigenvalue weighted by Gasteiger charge is -2.13. The Morgan fingerprint density at radius 1 is 1.12 bits per heavy atom. The summed E-state index contributed by atoms with van der Waals surface area (Å²) in [5.41, 5.74) is 1.16. The van der Waals surface area contributed by atoms with Crippen LogP contribution in [-0.2, 0) is 4.79 Å². The van der Waals surface area contributed by atoms with Gasteiger partial charge in [0.1, 0.15) is 0 Å². The second kappa shape index (κ2) is 8.01. The van der Waals surface area contributed by atoms with E-state index >= 15 is 0 Å². The quantitative estimate of drug-likeness (QED) is 0.606. The van der Waals surface area contributed by atoms with Crippen molar-refractivity contribution in [2.45, 2.75) is 0 Å². The molecule has 0 saturated carbocycles. The number of methoxy groups -OCH3 is 1. The minimum atomic E-state index is -0.293. The molecule has 0 radical (unpaired) electrons. The van der Waals surface area contributed by atoms with Crippen molar-refractivity contribution in [2.24, 2.45) is 0 Å². The van der Waals surface area contributed by atoms with Crippen LogP contribution in [0.15, 0.2) is 59.1 Å². The lowest BCUT2D eigenvalue weighted by molar-refractivity contribution is -0.118. The number of carbonyl (C=O) groups excluding carboxylic acids is 2. The third-order valence-electron chi connectivity index (χ3n) is 3.83. The van der Waals surface area contributed by atoms with Gasteiger partial charge in [0, 0.05) is 21.1 Å². The molecule has 0 saturated heterocycles. The predicted octanol–water partition coefficient (Wildman–Crippen LogP) is 4.44. The molecule has 0 heterocycles. The lowest BCUT2D eigenvalue weighted by Crippen LogP contribution is -2.20. The summed E-state index contributed by atoms with van der Waals surface area (Å²) in [6.07, 6.45) is 0.712. The van der Waals surface area contributed by atoms with E-state index in [-0.39, 0.29) is 12.5 Å². The highest BCUT2D eigenvalue weighted by atomic mass is 79.9. The van der Waals surface area contributed by atoms with Crippen molar-refractivity contribution < 1.29 is 19.1 Å². The summed E-state index contributed by atoms with van der Waals surface area (Å²) in [5.74, 6) is 0.463. The summed E-state index contributed by atoms with van der Waals surface area (Å²) in [6, 6.07) is 16.7. The van der Waals surface area contributed by atoms with Crippen LogP contribution in [0, 0.1) is 0 Å². The van der Waals surface area contributed by atoms with E-state index in [1.54, 1.807) is 12.1 Å². The first-order valence-corrected chi connectivity index (χ1v) is 8.65. The van der Waals surface area contributed by atoms with Gasteiger partial charge in [-0.1, -0.05) is 36.4 Å². The Hall–Kier alpha value is -2.86. The molecule has 6 heteroatoms. The van der Waals surface area contributed by atoms with Crippen LogP contribution in [0.25, 0.3) is 10.8 Å². The Balaban J connectivity index is 1.73. The van der Waals surface area contributed by atoms with Crippen LogP contribution >= 0.6 is 15.9 Å². The molecule has 3 aromatic rings. The van der Waals surface area contributed by atoms with Gasteiger partial charge in [-0.05, 0) is 39.5 Å². The fraction of sp³-hybridized carbons (Fsp3) is 0.100. The zero-order chi connectivity index (χ0) is 18.5. The number of benzene rings is 3. The summed E-state index contributed by atoms with van der Waals surface area (Å²) in [7, 11) is 1.47. The number of rotatable bonds is 6. The molecule has 1 N–H and O–H groups in total. The van der Waals surface area contributed by atoms with Gasteiger partial charge in [-0.3, -0.25) is 9.59 Å². The minimum Gasteiger partial charge on any atom is -0.493 e. The molecule has 132 valence electrons. The zero-order valence-electron chi connectivity index (χ0n) is 14.0. The Bertz CT molecular complexity index is 966. The Labute approximate surface area is 159 Å². The first-order chi connectivity index (χ1) is 12.6. The van der Waals surface area contributed by atoms with Gasteiger partial charge >= 0.3 is 0 Å². The number of aldehydes is 1. The maximum atomic E-state index is 12.3. The molecule has 0 bridgehead atoms. The van der Waals surface area contributed by atoms with Gasteiger partial charge < -0.3 is 14.8 Å². The van der Waals surface area contributed by atoms with Crippen molar-refractivity contribution in [3.63, 3.8) is 0 Å². The van der Waals surface area contributed by atoms with E-state index in [0.717, 1.165) is 16.5 Å². The monoisotopic (exact) mass is 413 g/mol. The van der Waals surface area contributed by atoms with E-state index in [9.17, 15) is 9.59 Å². The molecular weight excluding hydrogens is 398 g/mol. The summed E-state index contributed by atoms with van der Waals surface area (Å²) in [6.45, 7) is -0.188. The highest BCUT2D eigenvalue weighted by Crippen LogP contribution is 2.33. The number of nitrogens with one attached hydrogen (secondary N) is 1. The summed E-state index contributed by atoms with van der Waals surface area (Å²) in [4.78, 5) is 23.3. The molecule has 0 fully saturated rings. The molecule has 5 nitrogen and oxygen atoms in total. The highest BCUT2D eigenvalue weighted by Gasteiger charge is 2.12. The van der Waals surface area contributed by atoms with Gasteiger partial charge in [0.05, 0.1) is 7.11 Å². The Kier molecular flexibility index (Phi) is 5.53. The van der Waals surface area contributed by atoms with Crippen molar-refractivity contribution in [3.05, 3.63) is 64.6 Å². The maximum Gasteiger partial charge on any atom is 0.262 e. The highest BCUT2D eigenvalue weighted by molar-refractivity contribution is 9.10. The molecule has 1 amide bonds. The number of carbonyl (C=O) groups is 2. The number of ether oxygens (including phenoxy) is 2. The van der Waals surface area contributed by atoms with E-state index in [1.807, 2.05) is 42.5 Å². The van der Waals surface area contributed by atoms with E-state index < -0.39 is 0 Å². The fourth-order valence-electron chi connectivity index (χ4n) is 2.58. The first-order valence-electron chi connectivity index (χ1n) is 7.85. The fourth-order valence-corrected chi connectivity index (χ4v) is 2.99. The topological polar surface area (TPSA) is 64.6 Å². The number of amides is 1. The van der Waals surface area contributed by atoms with Crippen molar-refractivity contribution >= 4 is 44.6 Å². The van der Waals surface area contributed by atoms with Crippen molar-refractivity contribution in [2.75, 3.05) is 19.0 Å². The molecule has 0 aliphatic carbocycles. The Morgan fingerprint density at radius 3 is 2.65 bits per heavy atom. The summed E-state index contributed by atoms with van der Waals surface area (Å²) < 4.78 is 11.4. The van der Waals surface area contributed by atoms with Gasteiger partial charge in [0.15, 0.2) is 24.4 Å². The molecule has 0 aromatic heterocycles. The average Bonchev–Trinajstić information content (AvgIpc) is 2.66. The van der Waals surface area contributed by atoms with E-state index in [1.165, 1.54) is 7.11 Å². The molecule has 0 atom stereocenters. The van der Waals surface area contributed by atoms with Crippen LogP contribution in [0.5, 0.6) is 11.5 Å². The number of hydrogen-bond donors (Lipinski definition) is 1. The molecule has 26 heavy (non-hydrogen) atoms. The predicted molar refractivity (Wildman–Crippen MR) is 104 cm³/mol. The largest absolute Gasteiger partial charge is 0.493 e. The first kappa shape index (κ1) is 17.9. The Morgan fingerprint density at radius 2 is 1.88 bits per heavy atom. The number of anilines is 1. The number of hydrogen-bond acceptors (Lipinski definition) is 4. The van der Waals surface area contributed by atoms with Crippen LogP contribution in [0.4, 0.5) is 5.69 Å². The molecule has 3 rings (SSSR count). The van der Waals surface area contributed by atoms with Gasteiger partial charge in [-0.15, -0.1) is 0 Å². The normalized spacial score (nSPS) is 10.4. The third-order valence-corrected chi connectivity index (χ3v) is 4.52. The van der Waals surface area contributed by atoms with E-state index in [2.05, 4.69) is 21.2 Å². The van der Waals surface area contributed by atoms with Crippen LogP contribution in [0.3, 0.4) is 0 Å². The minimum absolute atomic E-state index is 0.188. The molecule has 0 unspecified atom stereocenters. The van der Waals surface area contributed by atoms with Crippen molar-refractivity contribution in [1.82, 2.24) is 0 Å². The van der Waals surface area contributed by atoms with Crippen molar-refractivity contribution in [3.8, 4) is 11.5 Å². The second-order valence-corrected chi connectivity index (χ2v) is 6.36. The second-order valence-electron chi connectivity index (χ2n) is 5.51. The van der Waals surface area contributed by atoms with E-state index in [0.29, 0.717) is 27.8 Å². The summed E-state index contributed by atoms with van der Waals surface area (Å²) >= 11 is 3.29. The van der Waals surface area contributed by atoms with Gasteiger partial charge in [-0.25, -0.2) is 0 Å². The zero-order valence-corrected chi connectivity index (χ0v) is 15.6.